The number of carbonyl (C=O) groups is 1. The van der Waals surface area contributed by atoms with Gasteiger partial charge in [-0.3, -0.25) is 0 Å². The summed E-state index contributed by atoms with van der Waals surface area (Å²) in [5, 5.41) is 0.0408. The van der Waals surface area contributed by atoms with Gasteiger partial charge in [0.2, 0.25) is 0 Å². The summed E-state index contributed by atoms with van der Waals surface area (Å²) < 4.78 is 18.4. The molecular weight excluding hydrogens is 219 g/mol. The number of ether oxygens (including phenoxy) is 1. The average Bonchev–Trinajstić information content (AvgIpc) is 2.18. The molecule has 1 aromatic carbocycles. The van der Waals surface area contributed by atoms with E-state index in [2.05, 4.69) is 0 Å². The van der Waals surface area contributed by atoms with E-state index in [1.165, 1.54) is 19.1 Å². The van der Waals surface area contributed by atoms with Crippen molar-refractivity contribution in [3.8, 4) is 5.75 Å². The van der Waals surface area contributed by atoms with Gasteiger partial charge in [0.15, 0.2) is 11.6 Å². The van der Waals surface area contributed by atoms with Crippen LogP contribution in [0.3, 0.4) is 0 Å². The molecule has 0 saturated carbocycles. The maximum absolute atomic E-state index is 13.3. The molecule has 0 saturated heterocycles. The Morgan fingerprint density at radius 1 is 1.53 bits per heavy atom. The van der Waals surface area contributed by atoms with Gasteiger partial charge in [-0.25, -0.2) is 4.39 Å². The fourth-order valence-corrected chi connectivity index (χ4v) is 1.26. The molecule has 0 amide bonds. The monoisotopic (exact) mass is 230 g/mol. The van der Waals surface area contributed by atoms with Crippen molar-refractivity contribution in [2.24, 2.45) is 0 Å². The zero-order valence-corrected chi connectivity index (χ0v) is 9.18. The number of halogens is 2. The van der Waals surface area contributed by atoms with Crippen LogP contribution in [0.5, 0.6) is 5.75 Å². The summed E-state index contributed by atoms with van der Waals surface area (Å²) in [7, 11) is 0. The van der Waals surface area contributed by atoms with E-state index in [0.717, 1.165) is 0 Å². The molecule has 82 valence electrons. The molecule has 0 unspecified atom stereocenters. The van der Waals surface area contributed by atoms with E-state index < -0.39 is 5.82 Å². The van der Waals surface area contributed by atoms with E-state index in [1.54, 1.807) is 6.07 Å². The summed E-state index contributed by atoms with van der Waals surface area (Å²) in [5.74, 6) is -0.321. The summed E-state index contributed by atoms with van der Waals surface area (Å²) in [4.78, 5) is 10.6. The normalized spacial score (nSPS) is 10.1. The summed E-state index contributed by atoms with van der Waals surface area (Å²) in [6.45, 7) is 1.83. The Kier molecular flexibility index (Phi) is 4.56. The lowest BCUT2D eigenvalue weighted by atomic mass is 10.2. The van der Waals surface area contributed by atoms with Crippen LogP contribution in [0.2, 0.25) is 5.02 Å². The number of hydrogen-bond donors (Lipinski definition) is 0. The molecule has 15 heavy (non-hydrogen) atoms. The Labute approximate surface area is 93.0 Å². The van der Waals surface area contributed by atoms with E-state index in [9.17, 15) is 9.18 Å². The van der Waals surface area contributed by atoms with Crippen LogP contribution in [-0.2, 0) is 4.79 Å². The molecule has 0 bridgehead atoms. The lowest BCUT2D eigenvalue weighted by molar-refractivity contribution is -0.117. The first kappa shape index (κ1) is 12.0. The first-order valence-electron chi connectivity index (χ1n) is 4.67. The molecular formula is C11H12ClFO2. The van der Waals surface area contributed by atoms with Crippen LogP contribution in [0.4, 0.5) is 4.39 Å². The third-order valence-electron chi connectivity index (χ3n) is 1.85. The molecule has 1 aromatic rings. The number of hydrogen-bond acceptors (Lipinski definition) is 2. The number of ketones is 1. The minimum absolute atomic E-state index is 0.0408. The van der Waals surface area contributed by atoms with E-state index in [-0.39, 0.29) is 16.6 Å². The number of Topliss-reactive ketones (excluding diaryl/α,β-unsaturated/α-hetero) is 1. The van der Waals surface area contributed by atoms with Crippen LogP contribution in [0.25, 0.3) is 0 Å². The Morgan fingerprint density at radius 3 is 2.93 bits per heavy atom. The maximum atomic E-state index is 13.3. The van der Waals surface area contributed by atoms with Crippen LogP contribution >= 0.6 is 11.6 Å². The van der Waals surface area contributed by atoms with Crippen molar-refractivity contribution in [3.63, 3.8) is 0 Å². The molecule has 4 heteroatoms. The molecule has 0 aromatic heterocycles. The van der Waals surface area contributed by atoms with Gasteiger partial charge in [0.1, 0.15) is 5.78 Å². The summed E-state index contributed by atoms with van der Waals surface area (Å²) in [5.41, 5.74) is 0. The van der Waals surface area contributed by atoms with Crippen molar-refractivity contribution < 1.29 is 13.9 Å². The van der Waals surface area contributed by atoms with Crippen LogP contribution < -0.4 is 4.74 Å². The van der Waals surface area contributed by atoms with E-state index in [4.69, 9.17) is 16.3 Å². The third kappa shape index (κ3) is 3.88. The lowest BCUT2D eigenvalue weighted by Gasteiger charge is -2.06. The molecule has 0 N–H and O–H groups in total. The molecule has 0 aliphatic heterocycles. The van der Waals surface area contributed by atoms with Crippen LogP contribution in [0.1, 0.15) is 19.8 Å². The largest absolute Gasteiger partial charge is 0.490 e. The summed E-state index contributed by atoms with van der Waals surface area (Å²) in [6.07, 6.45) is 1.03. The highest BCUT2D eigenvalue weighted by Gasteiger charge is 2.06. The van der Waals surface area contributed by atoms with Gasteiger partial charge in [0.25, 0.3) is 0 Å². The fourth-order valence-electron chi connectivity index (χ4n) is 1.10. The molecule has 2 nitrogen and oxygen atoms in total. The Morgan fingerprint density at radius 2 is 2.27 bits per heavy atom. The van der Waals surface area contributed by atoms with Crippen molar-refractivity contribution in [2.75, 3.05) is 6.61 Å². The van der Waals surface area contributed by atoms with E-state index >= 15 is 0 Å². The minimum atomic E-state index is -0.554. The van der Waals surface area contributed by atoms with Gasteiger partial charge < -0.3 is 9.53 Å². The highest BCUT2D eigenvalue weighted by molar-refractivity contribution is 6.30. The van der Waals surface area contributed by atoms with Crippen molar-refractivity contribution in [1.82, 2.24) is 0 Å². The van der Waals surface area contributed by atoms with Gasteiger partial charge in [-0.15, -0.1) is 0 Å². The Balaban J connectivity index is 2.44. The topological polar surface area (TPSA) is 26.3 Å². The Bertz CT molecular complexity index is 352. The zero-order valence-electron chi connectivity index (χ0n) is 8.43. The smallest absolute Gasteiger partial charge is 0.183 e. The first-order valence-corrected chi connectivity index (χ1v) is 5.05. The van der Waals surface area contributed by atoms with Gasteiger partial charge in [-0.1, -0.05) is 17.7 Å². The predicted octanol–water partition coefficient (Wildman–Crippen LogP) is 3.23. The fraction of sp³-hybridized carbons (Fsp3) is 0.364. The van der Waals surface area contributed by atoms with Crippen LogP contribution in [0, 0.1) is 5.82 Å². The molecule has 0 radical (unpaired) electrons. The average molecular weight is 231 g/mol. The van der Waals surface area contributed by atoms with Gasteiger partial charge in [-0.2, -0.15) is 0 Å². The zero-order chi connectivity index (χ0) is 11.3. The third-order valence-corrected chi connectivity index (χ3v) is 2.14. The Hall–Kier alpha value is -1.09. The highest BCUT2D eigenvalue weighted by atomic mass is 35.5. The van der Waals surface area contributed by atoms with E-state index in [1.807, 2.05) is 0 Å². The van der Waals surface area contributed by atoms with Crippen LogP contribution in [0.15, 0.2) is 18.2 Å². The second-order valence-electron chi connectivity index (χ2n) is 3.21. The van der Waals surface area contributed by atoms with Crippen molar-refractivity contribution in [3.05, 3.63) is 29.0 Å². The second kappa shape index (κ2) is 5.71. The van der Waals surface area contributed by atoms with E-state index in [0.29, 0.717) is 19.4 Å². The standard InChI is InChI=1S/C11H12ClFO2/c1-8(14)4-3-7-15-10-6-2-5-9(12)11(10)13/h2,5-6H,3-4,7H2,1H3. The molecule has 0 heterocycles. The first-order chi connectivity index (χ1) is 7.11. The van der Waals surface area contributed by atoms with Gasteiger partial charge in [-0.05, 0) is 25.5 Å². The minimum Gasteiger partial charge on any atom is -0.490 e. The van der Waals surface area contributed by atoms with Gasteiger partial charge >= 0.3 is 0 Å². The van der Waals surface area contributed by atoms with Crippen molar-refractivity contribution in [1.29, 1.82) is 0 Å². The number of rotatable bonds is 5. The molecule has 0 spiro atoms. The second-order valence-corrected chi connectivity index (χ2v) is 3.61. The van der Waals surface area contributed by atoms with Gasteiger partial charge in [0.05, 0.1) is 11.6 Å². The maximum Gasteiger partial charge on any atom is 0.183 e. The quantitative estimate of drug-likeness (QED) is 0.726. The molecule has 0 atom stereocenters. The lowest BCUT2D eigenvalue weighted by Crippen LogP contribution is -2.01. The molecule has 0 aliphatic rings. The molecule has 0 fully saturated rings. The summed E-state index contributed by atoms with van der Waals surface area (Å²) >= 11 is 5.57. The highest BCUT2D eigenvalue weighted by Crippen LogP contribution is 2.24. The SMILES string of the molecule is CC(=O)CCCOc1cccc(Cl)c1F. The van der Waals surface area contributed by atoms with Crippen LogP contribution in [-0.4, -0.2) is 12.4 Å². The predicted molar refractivity (Wildman–Crippen MR) is 56.8 cm³/mol. The van der Waals surface area contributed by atoms with Crippen molar-refractivity contribution in [2.45, 2.75) is 19.8 Å². The molecule has 1 rings (SSSR count). The molecule has 0 aliphatic carbocycles. The van der Waals surface area contributed by atoms with Gasteiger partial charge in [0, 0.05) is 6.42 Å². The number of benzene rings is 1. The number of carbonyl (C=O) groups excluding carboxylic acids is 1. The summed E-state index contributed by atoms with van der Waals surface area (Å²) in [6, 6.07) is 4.58. The van der Waals surface area contributed by atoms with Crippen molar-refractivity contribution >= 4 is 17.4 Å².